The second-order valence-electron chi connectivity index (χ2n) is 7.06. The minimum atomic E-state index is -0.744. The lowest BCUT2D eigenvalue weighted by Gasteiger charge is -2.26. The number of para-hydroxylation sites is 2. The number of nitrogens with zero attached hydrogens (tertiary/aromatic N) is 3. The second kappa shape index (κ2) is 9.47. The maximum atomic E-state index is 12.9. The molecule has 0 aliphatic carbocycles. The summed E-state index contributed by atoms with van der Waals surface area (Å²) in [5.41, 5.74) is 1.60. The molecule has 0 radical (unpaired) electrons. The predicted octanol–water partition coefficient (Wildman–Crippen LogP) is 4.16. The number of anilines is 1. The van der Waals surface area contributed by atoms with Gasteiger partial charge in [-0.3, -0.25) is 0 Å². The van der Waals surface area contributed by atoms with Crippen LogP contribution in [0.4, 0.5) is 9.52 Å². The van der Waals surface area contributed by atoms with Crippen molar-refractivity contribution in [1.29, 1.82) is 0 Å². The maximum Gasteiger partial charge on any atom is 0.220 e. The lowest BCUT2D eigenvalue weighted by molar-refractivity contribution is -0.0477. The van der Waals surface area contributed by atoms with Gasteiger partial charge >= 0.3 is 0 Å². The van der Waals surface area contributed by atoms with Crippen molar-refractivity contribution in [2.24, 2.45) is 0 Å². The third-order valence-corrected chi connectivity index (χ3v) is 5.89. The molecule has 1 N–H and O–H groups in total. The van der Waals surface area contributed by atoms with E-state index in [1.165, 1.54) is 0 Å². The van der Waals surface area contributed by atoms with Crippen molar-refractivity contribution in [2.75, 3.05) is 31.3 Å². The molecular weight excluding hydrogens is 393 g/mol. The van der Waals surface area contributed by atoms with E-state index in [0.29, 0.717) is 12.4 Å². The molecule has 29 heavy (non-hydrogen) atoms. The summed E-state index contributed by atoms with van der Waals surface area (Å²) >= 11 is 1.59. The van der Waals surface area contributed by atoms with Crippen LogP contribution < -0.4 is 4.90 Å². The van der Waals surface area contributed by atoms with Crippen LogP contribution in [0.15, 0.2) is 34.9 Å². The van der Waals surface area contributed by atoms with Crippen molar-refractivity contribution in [3.8, 4) is 0 Å². The molecule has 2 aromatic heterocycles. The average Bonchev–Trinajstić information content (AvgIpc) is 3.32. The van der Waals surface area contributed by atoms with Crippen LogP contribution in [0, 0.1) is 0 Å². The highest BCUT2D eigenvalue weighted by molar-refractivity contribution is 7.16. The molecular formula is C21H24FN3O3S. The number of hydrogen-bond donors (Lipinski definition) is 1. The van der Waals surface area contributed by atoms with E-state index in [2.05, 4.69) is 14.9 Å². The number of halogens is 1. The Bertz CT molecular complexity index is 920. The zero-order chi connectivity index (χ0) is 20.1. The molecule has 1 saturated heterocycles. The van der Waals surface area contributed by atoms with E-state index in [-0.39, 0.29) is 12.7 Å². The highest BCUT2D eigenvalue weighted by Gasteiger charge is 2.23. The molecule has 8 heteroatoms. The van der Waals surface area contributed by atoms with Gasteiger partial charge in [-0.2, -0.15) is 0 Å². The van der Waals surface area contributed by atoms with Gasteiger partial charge in [0.15, 0.2) is 10.7 Å². The van der Waals surface area contributed by atoms with Gasteiger partial charge in [0.25, 0.3) is 0 Å². The summed E-state index contributed by atoms with van der Waals surface area (Å²) in [6.45, 7) is 0.573. The Morgan fingerprint density at radius 2 is 2.24 bits per heavy atom. The molecule has 0 spiro atoms. The van der Waals surface area contributed by atoms with E-state index in [1.54, 1.807) is 11.3 Å². The van der Waals surface area contributed by atoms with E-state index >= 15 is 0 Å². The van der Waals surface area contributed by atoms with Crippen molar-refractivity contribution in [3.63, 3.8) is 0 Å². The van der Waals surface area contributed by atoms with Gasteiger partial charge in [-0.15, -0.1) is 0 Å². The van der Waals surface area contributed by atoms with Gasteiger partial charge in [0.1, 0.15) is 18.3 Å². The van der Waals surface area contributed by atoms with Gasteiger partial charge in [0.05, 0.1) is 12.7 Å². The van der Waals surface area contributed by atoms with Crippen molar-refractivity contribution in [3.05, 3.63) is 41.2 Å². The Kier molecular flexibility index (Phi) is 6.53. The molecule has 1 fully saturated rings. The number of fused-ring (bicyclic) bond motifs is 1. The van der Waals surface area contributed by atoms with Crippen LogP contribution in [0.1, 0.15) is 30.0 Å². The third-order valence-electron chi connectivity index (χ3n) is 4.87. The summed E-state index contributed by atoms with van der Waals surface area (Å²) in [6, 6.07) is 7.67. The number of thiazole rings is 1. The van der Waals surface area contributed by atoms with Gasteiger partial charge < -0.3 is 19.2 Å². The number of aromatic nitrogens is 2. The lowest BCUT2D eigenvalue weighted by Crippen LogP contribution is -2.36. The number of ether oxygens (including phenoxy) is 1. The first-order chi connectivity index (χ1) is 14.2. The largest absolute Gasteiger partial charge is 0.437 e. The van der Waals surface area contributed by atoms with E-state index in [4.69, 9.17) is 9.15 Å². The Hall–Kier alpha value is -2.29. The standard InChI is InChI=1S/C21H24FN3O3S/c22-11-16(14-26)27-15-5-3-4-10-25(13-15)21-23-12-17(29-21)8-9-20-24-18-6-1-2-7-19(18)28-20/h1-2,6-9,12,15-16,26H,3-5,10-11,13-14H2/b9-8+. The van der Waals surface area contributed by atoms with E-state index in [9.17, 15) is 9.50 Å². The highest BCUT2D eigenvalue weighted by Crippen LogP contribution is 2.28. The zero-order valence-electron chi connectivity index (χ0n) is 16.0. The predicted molar refractivity (Wildman–Crippen MR) is 113 cm³/mol. The summed E-state index contributed by atoms with van der Waals surface area (Å²) in [5, 5.41) is 10.1. The molecule has 154 valence electrons. The topological polar surface area (TPSA) is 71.6 Å². The van der Waals surface area contributed by atoms with Crippen molar-refractivity contribution >= 4 is 39.7 Å². The third kappa shape index (κ3) is 5.01. The second-order valence-corrected chi connectivity index (χ2v) is 8.10. The summed E-state index contributed by atoms with van der Waals surface area (Å²) in [7, 11) is 0. The first-order valence-electron chi connectivity index (χ1n) is 9.82. The minimum absolute atomic E-state index is 0.104. The molecule has 2 atom stereocenters. The fourth-order valence-corrected chi connectivity index (χ4v) is 4.26. The van der Waals surface area contributed by atoms with Crippen molar-refractivity contribution in [2.45, 2.75) is 31.5 Å². The highest BCUT2D eigenvalue weighted by atomic mass is 32.1. The normalized spacial score (nSPS) is 19.1. The number of benzene rings is 1. The van der Waals surface area contributed by atoms with Crippen LogP contribution in [0.3, 0.4) is 0 Å². The first-order valence-corrected chi connectivity index (χ1v) is 10.6. The fourth-order valence-electron chi connectivity index (χ4n) is 3.40. The number of rotatable bonds is 7. The van der Waals surface area contributed by atoms with Crippen LogP contribution in [0.2, 0.25) is 0 Å². The minimum Gasteiger partial charge on any atom is -0.437 e. The Morgan fingerprint density at radius 3 is 3.07 bits per heavy atom. The van der Waals surface area contributed by atoms with E-state index in [0.717, 1.165) is 46.9 Å². The van der Waals surface area contributed by atoms with Gasteiger partial charge in [-0.05, 0) is 37.5 Å². The Morgan fingerprint density at radius 1 is 1.34 bits per heavy atom. The molecule has 4 rings (SSSR count). The lowest BCUT2D eigenvalue weighted by atomic mass is 10.2. The van der Waals surface area contributed by atoms with Gasteiger partial charge in [0.2, 0.25) is 5.89 Å². The molecule has 6 nitrogen and oxygen atoms in total. The quantitative estimate of drug-likeness (QED) is 0.622. The van der Waals surface area contributed by atoms with E-state index < -0.39 is 12.8 Å². The summed E-state index contributed by atoms with van der Waals surface area (Å²) < 4.78 is 24.3. The fraction of sp³-hybridized carbons (Fsp3) is 0.429. The van der Waals surface area contributed by atoms with E-state index in [1.807, 2.05) is 42.6 Å². The molecule has 0 amide bonds. The van der Waals surface area contributed by atoms with Crippen molar-refractivity contribution < 1.29 is 18.7 Å². The van der Waals surface area contributed by atoms with Crippen LogP contribution >= 0.6 is 11.3 Å². The molecule has 0 bridgehead atoms. The number of oxazole rings is 1. The van der Waals surface area contributed by atoms with Crippen LogP contribution in [-0.2, 0) is 4.74 Å². The zero-order valence-corrected chi connectivity index (χ0v) is 16.9. The average molecular weight is 418 g/mol. The molecule has 1 aliphatic rings. The number of alkyl halides is 1. The summed E-state index contributed by atoms with van der Waals surface area (Å²) in [6.07, 6.45) is 7.69. The SMILES string of the molecule is OCC(CF)OC1CCCCN(c2ncc(/C=C/c3nc4ccccc4o3)s2)C1. The molecule has 2 unspecified atom stereocenters. The smallest absolute Gasteiger partial charge is 0.220 e. The number of aliphatic hydroxyl groups excluding tert-OH is 1. The monoisotopic (exact) mass is 417 g/mol. The van der Waals surface area contributed by atoms with Crippen LogP contribution in [0.25, 0.3) is 23.3 Å². The maximum absolute atomic E-state index is 12.9. The molecule has 3 aromatic rings. The van der Waals surface area contributed by atoms with Gasteiger partial charge in [-0.25, -0.2) is 14.4 Å². The van der Waals surface area contributed by atoms with Crippen LogP contribution in [0.5, 0.6) is 0 Å². The molecule has 0 saturated carbocycles. The summed E-state index contributed by atoms with van der Waals surface area (Å²) in [4.78, 5) is 12.2. The molecule has 3 heterocycles. The number of aliphatic hydroxyl groups is 1. The van der Waals surface area contributed by atoms with Crippen LogP contribution in [-0.4, -0.2) is 53.7 Å². The summed E-state index contributed by atoms with van der Waals surface area (Å²) in [5.74, 6) is 0.561. The van der Waals surface area contributed by atoms with Crippen molar-refractivity contribution in [1.82, 2.24) is 9.97 Å². The van der Waals surface area contributed by atoms with Gasteiger partial charge in [0, 0.05) is 30.2 Å². The first kappa shape index (κ1) is 20.0. The molecule has 1 aliphatic heterocycles. The number of hydrogen-bond acceptors (Lipinski definition) is 7. The van der Waals surface area contributed by atoms with Gasteiger partial charge in [-0.1, -0.05) is 23.5 Å². The Labute approximate surface area is 172 Å². The molecule has 1 aromatic carbocycles. The Balaban J connectivity index is 1.43.